The molecule has 0 spiro atoms. The Hall–Kier alpha value is -2.44. The van der Waals surface area contributed by atoms with Crippen LogP contribution in [0, 0.1) is 5.82 Å². The van der Waals surface area contributed by atoms with Gasteiger partial charge in [-0.1, -0.05) is 18.2 Å². The van der Waals surface area contributed by atoms with Crippen molar-refractivity contribution >= 4 is 5.91 Å². The van der Waals surface area contributed by atoms with Crippen molar-refractivity contribution in [1.82, 2.24) is 15.5 Å². The number of amides is 1. The second-order valence-electron chi connectivity index (χ2n) is 6.29. The lowest BCUT2D eigenvalue weighted by atomic mass is 10.1. The molecule has 0 aliphatic carbocycles. The summed E-state index contributed by atoms with van der Waals surface area (Å²) in [5.41, 5.74) is 1.47. The Morgan fingerprint density at radius 3 is 2.77 bits per heavy atom. The van der Waals surface area contributed by atoms with Gasteiger partial charge in [-0.25, -0.2) is 4.39 Å². The summed E-state index contributed by atoms with van der Waals surface area (Å²) in [6.45, 7) is 5.80. The van der Waals surface area contributed by atoms with Gasteiger partial charge in [0.15, 0.2) is 0 Å². The number of nitrogens with zero attached hydrogens (tertiary/aromatic N) is 1. The van der Waals surface area contributed by atoms with Crippen LogP contribution in [-0.2, 0) is 6.61 Å². The van der Waals surface area contributed by atoms with Crippen molar-refractivity contribution in [3.63, 3.8) is 0 Å². The zero-order valence-corrected chi connectivity index (χ0v) is 14.7. The monoisotopic (exact) mass is 357 g/mol. The van der Waals surface area contributed by atoms with E-state index in [1.54, 1.807) is 24.3 Å². The molecule has 2 aromatic rings. The number of carbonyl (C=O) groups is 1. The van der Waals surface area contributed by atoms with E-state index in [0.717, 1.165) is 38.3 Å². The van der Waals surface area contributed by atoms with Crippen molar-refractivity contribution in [1.29, 1.82) is 0 Å². The van der Waals surface area contributed by atoms with Gasteiger partial charge in [-0.05, 0) is 29.8 Å². The predicted molar refractivity (Wildman–Crippen MR) is 98.8 cm³/mol. The van der Waals surface area contributed by atoms with Gasteiger partial charge >= 0.3 is 0 Å². The minimum atomic E-state index is -0.333. The molecule has 3 rings (SSSR count). The topological polar surface area (TPSA) is 53.6 Å². The van der Waals surface area contributed by atoms with E-state index < -0.39 is 0 Å². The van der Waals surface area contributed by atoms with Crippen molar-refractivity contribution in [2.75, 3.05) is 39.3 Å². The van der Waals surface area contributed by atoms with Crippen molar-refractivity contribution in [3.05, 3.63) is 65.5 Å². The van der Waals surface area contributed by atoms with Gasteiger partial charge in [-0.3, -0.25) is 9.69 Å². The second kappa shape index (κ2) is 9.31. The molecule has 2 N–H and O–H groups in total. The number of benzene rings is 2. The number of rotatable bonds is 7. The number of carbonyl (C=O) groups excluding carboxylic acids is 1. The van der Waals surface area contributed by atoms with E-state index in [-0.39, 0.29) is 18.3 Å². The zero-order valence-electron chi connectivity index (χ0n) is 14.7. The van der Waals surface area contributed by atoms with Gasteiger partial charge in [0, 0.05) is 50.9 Å². The predicted octanol–water partition coefficient (Wildman–Crippen LogP) is 2.04. The Labute approximate surface area is 153 Å². The van der Waals surface area contributed by atoms with Crippen LogP contribution in [0.5, 0.6) is 5.75 Å². The highest BCUT2D eigenvalue weighted by molar-refractivity contribution is 5.94. The van der Waals surface area contributed by atoms with Gasteiger partial charge in [-0.2, -0.15) is 0 Å². The largest absolute Gasteiger partial charge is 0.489 e. The maximum absolute atomic E-state index is 13.2. The summed E-state index contributed by atoms with van der Waals surface area (Å²) < 4.78 is 18.8. The van der Waals surface area contributed by atoms with E-state index in [1.807, 2.05) is 12.1 Å². The normalized spacial score (nSPS) is 14.8. The summed E-state index contributed by atoms with van der Waals surface area (Å²) in [6.07, 6.45) is 0. The third kappa shape index (κ3) is 5.54. The molecule has 138 valence electrons. The summed E-state index contributed by atoms with van der Waals surface area (Å²) in [5, 5.41) is 6.27. The van der Waals surface area contributed by atoms with Crippen LogP contribution in [0.1, 0.15) is 15.9 Å². The van der Waals surface area contributed by atoms with Gasteiger partial charge < -0.3 is 15.4 Å². The Kier molecular flexibility index (Phi) is 6.57. The molecule has 1 fully saturated rings. The number of nitrogens with one attached hydrogen (secondary N) is 2. The summed E-state index contributed by atoms with van der Waals surface area (Å²) in [5.74, 6) is 0.0451. The zero-order chi connectivity index (χ0) is 18.2. The summed E-state index contributed by atoms with van der Waals surface area (Å²) in [6, 6.07) is 13.3. The molecule has 0 unspecified atom stereocenters. The number of hydrogen-bond donors (Lipinski definition) is 2. The molecule has 1 aliphatic heterocycles. The molecule has 0 saturated carbocycles. The van der Waals surface area contributed by atoms with Crippen LogP contribution in [0.4, 0.5) is 4.39 Å². The quantitative estimate of drug-likeness (QED) is 0.796. The third-order valence-electron chi connectivity index (χ3n) is 4.31. The third-order valence-corrected chi connectivity index (χ3v) is 4.31. The summed E-state index contributed by atoms with van der Waals surface area (Å²) >= 11 is 0. The molecule has 0 aromatic heterocycles. The molecule has 1 aliphatic rings. The molecule has 6 heteroatoms. The second-order valence-corrected chi connectivity index (χ2v) is 6.29. The lowest BCUT2D eigenvalue weighted by Gasteiger charge is -2.27. The molecular formula is C20H24FN3O2. The fourth-order valence-electron chi connectivity index (χ4n) is 2.89. The van der Waals surface area contributed by atoms with Crippen LogP contribution >= 0.6 is 0 Å². The number of ether oxygens (including phenoxy) is 1. The Morgan fingerprint density at radius 1 is 1.15 bits per heavy atom. The lowest BCUT2D eigenvalue weighted by molar-refractivity contribution is 0.0947. The first kappa shape index (κ1) is 18.4. The van der Waals surface area contributed by atoms with Crippen LogP contribution in [0.25, 0.3) is 0 Å². The van der Waals surface area contributed by atoms with E-state index >= 15 is 0 Å². The van der Waals surface area contributed by atoms with Gasteiger partial charge in [-0.15, -0.1) is 0 Å². The molecule has 0 radical (unpaired) electrons. The van der Waals surface area contributed by atoms with Gasteiger partial charge in [0.1, 0.15) is 18.2 Å². The van der Waals surface area contributed by atoms with Crippen LogP contribution < -0.4 is 15.4 Å². The van der Waals surface area contributed by atoms with Crippen LogP contribution in [-0.4, -0.2) is 50.1 Å². The van der Waals surface area contributed by atoms with Crippen LogP contribution in [0.2, 0.25) is 0 Å². The molecule has 1 amide bonds. The summed E-state index contributed by atoms with van der Waals surface area (Å²) in [4.78, 5) is 14.7. The van der Waals surface area contributed by atoms with Crippen molar-refractivity contribution < 1.29 is 13.9 Å². The average molecular weight is 357 g/mol. The first-order valence-electron chi connectivity index (χ1n) is 8.89. The number of hydrogen-bond acceptors (Lipinski definition) is 4. The van der Waals surface area contributed by atoms with E-state index in [4.69, 9.17) is 4.74 Å². The van der Waals surface area contributed by atoms with E-state index in [1.165, 1.54) is 12.1 Å². The highest BCUT2D eigenvalue weighted by Crippen LogP contribution is 2.15. The SMILES string of the molecule is O=C(NCCN1CCNCC1)c1cccc(COc2cccc(F)c2)c1. The van der Waals surface area contributed by atoms with Gasteiger partial charge in [0.25, 0.3) is 5.91 Å². The highest BCUT2D eigenvalue weighted by atomic mass is 19.1. The average Bonchev–Trinajstić information content (AvgIpc) is 2.67. The Balaban J connectivity index is 1.48. The molecule has 0 atom stereocenters. The number of piperazine rings is 1. The number of halogens is 1. The molecule has 0 bridgehead atoms. The molecular weight excluding hydrogens is 333 g/mol. The van der Waals surface area contributed by atoms with Crippen molar-refractivity contribution in [2.45, 2.75) is 6.61 Å². The van der Waals surface area contributed by atoms with Crippen molar-refractivity contribution in [3.8, 4) is 5.75 Å². The first-order chi connectivity index (χ1) is 12.7. The summed E-state index contributed by atoms with van der Waals surface area (Å²) in [7, 11) is 0. The molecule has 26 heavy (non-hydrogen) atoms. The van der Waals surface area contributed by atoms with E-state index in [9.17, 15) is 9.18 Å². The van der Waals surface area contributed by atoms with E-state index in [2.05, 4.69) is 15.5 Å². The van der Waals surface area contributed by atoms with E-state index in [0.29, 0.717) is 17.9 Å². The Morgan fingerprint density at radius 2 is 1.96 bits per heavy atom. The smallest absolute Gasteiger partial charge is 0.251 e. The molecule has 5 nitrogen and oxygen atoms in total. The minimum Gasteiger partial charge on any atom is -0.489 e. The minimum absolute atomic E-state index is 0.0901. The fraction of sp³-hybridized carbons (Fsp3) is 0.350. The van der Waals surface area contributed by atoms with Gasteiger partial charge in [0.05, 0.1) is 0 Å². The highest BCUT2D eigenvalue weighted by Gasteiger charge is 2.10. The maximum atomic E-state index is 13.2. The van der Waals surface area contributed by atoms with Crippen LogP contribution in [0.3, 0.4) is 0 Å². The molecule has 1 heterocycles. The fourth-order valence-corrected chi connectivity index (χ4v) is 2.89. The maximum Gasteiger partial charge on any atom is 0.251 e. The standard InChI is InChI=1S/C20H24FN3O2/c21-18-5-2-6-19(14-18)26-15-16-3-1-4-17(13-16)20(25)23-9-12-24-10-7-22-8-11-24/h1-6,13-14,22H,7-12,15H2,(H,23,25). The van der Waals surface area contributed by atoms with Crippen molar-refractivity contribution in [2.24, 2.45) is 0 Å². The van der Waals surface area contributed by atoms with Crippen LogP contribution in [0.15, 0.2) is 48.5 Å². The Bertz CT molecular complexity index is 733. The first-order valence-corrected chi connectivity index (χ1v) is 8.89. The molecule has 2 aromatic carbocycles. The molecule has 1 saturated heterocycles. The lowest BCUT2D eigenvalue weighted by Crippen LogP contribution is -2.46. The van der Waals surface area contributed by atoms with Gasteiger partial charge in [0.2, 0.25) is 0 Å².